The number of hydrogen-bond donors (Lipinski definition) is 3. The highest BCUT2D eigenvalue weighted by Gasteiger charge is 2.47. The molecule has 3 N–H and O–H groups in total. The van der Waals surface area contributed by atoms with Gasteiger partial charge in [-0.3, -0.25) is 28.7 Å². The van der Waals surface area contributed by atoms with Crippen molar-refractivity contribution in [1.82, 2.24) is 33.1 Å². The van der Waals surface area contributed by atoms with Gasteiger partial charge in [-0.25, -0.2) is 23.6 Å². The maximum absolute atomic E-state index is 12.6. The summed E-state index contributed by atoms with van der Waals surface area (Å²) in [4.78, 5) is 52.7. The third-order valence-electron chi connectivity index (χ3n) is 14.5. The van der Waals surface area contributed by atoms with Gasteiger partial charge in [0.05, 0.1) is 70.8 Å². The molecule has 2 aliphatic rings. The fourth-order valence-electron chi connectivity index (χ4n) is 8.62. The van der Waals surface area contributed by atoms with Crippen molar-refractivity contribution in [3.05, 3.63) is 61.2 Å². The average Bonchev–Trinajstić information content (AvgIpc) is 3.91. The van der Waals surface area contributed by atoms with E-state index >= 15 is 0 Å². The van der Waals surface area contributed by atoms with Gasteiger partial charge < -0.3 is 37.0 Å². The maximum atomic E-state index is 12.6. The molecule has 0 radical (unpaired) electrons. The number of nitrogens with one attached hydrogen (secondary N) is 2. The summed E-state index contributed by atoms with van der Waals surface area (Å²) in [5.74, 6) is 0. The van der Waals surface area contributed by atoms with Crippen molar-refractivity contribution in [2.45, 2.75) is 260 Å². The van der Waals surface area contributed by atoms with Gasteiger partial charge in [0.2, 0.25) is 0 Å². The second-order valence-electron chi connectivity index (χ2n) is 25.0. The Kier molecular flexibility index (Phi) is 31.5. The molecule has 0 saturated carbocycles. The Morgan fingerprint density at radius 1 is 0.630 bits per heavy atom. The van der Waals surface area contributed by atoms with Gasteiger partial charge in [-0.05, 0) is 165 Å². The number of rotatable bonds is 25. The summed E-state index contributed by atoms with van der Waals surface area (Å²) in [6.45, 7) is 48.5. The van der Waals surface area contributed by atoms with Gasteiger partial charge in [0.1, 0.15) is 24.7 Å². The Morgan fingerprint density at radius 2 is 0.975 bits per heavy atom. The first-order valence-corrected chi connectivity index (χ1v) is 38.4. The topological polar surface area (TPSA) is 252 Å². The monoisotopic (exact) mass is 1440 g/mol. The van der Waals surface area contributed by atoms with Crippen LogP contribution >= 0.6 is 62.2 Å². The van der Waals surface area contributed by atoms with Gasteiger partial charge in [0, 0.05) is 61.5 Å². The summed E-state index contributed by atoms with van der Waals surface area (Å²) in [6, 6.07) is 6.31. The largest absolute Gasteiger partial charge is 0.411 e. The summed E-state index contributed by atoms with van der Waals surface area (Å²) < 4.78 is 54.5. The number of H-pyrrole nitrogens is 2. The molecule has 0 bridgehead atoms. The predicted molar refractivity (Wildman–Crippen MR) is 345 cm³/mol. The smallest absolute Gasteiger partial charge is 0.330 e. The lowest BCUT2D eigenvalue weighted by Gasteiger charge is -2.45. The lowest BCUT2D eigenvalue weighted by molar-refractivity contribution is -0.0439. The van der Waals surface area contributed by atoms with Crippen LogP contribution in [0.5, 0.6) is 0 Å². The zero-order valence-corrected chi connectivity index (χ0v) is 60.6. The van der Waals surface area contributed by atoms with E-state index in [1.807, 2.05) is 45.2 Å². The summed E-state index contributed by atoms with van der Waals surface area (Å²) >= 11 is 3.78. The van der Waals surface area contributed by atoms with Crippen LogP contribution in [0, 0.1) is 29.8 Å². The minimum atomic E-state index is -2.17. The zero-order chi connectivity index (χ0) is 62.3. The molecular weight excluding hydrogens is 1340 g/mol. The molecule has 4 heterocycles. The molecule has 7 unspecified atom stereocenters. The minimum absolute atomic E-state index is 0.0141. The van der Waals surface area contributed by atoms with Crippen molar-refractivity contribution in [1.29, 1.82) is 10.5 Å². The van der Waals surface area contributed by atoms with Crippen LogP contribution in [0.3, 0.4) is 0 Å². The molecule has 2 aliphatic heterocycles. The Bertz CT molecular complexity index is 2530. The van der Waals surface area contributed by atoms with Crippen molar-refractivity contribution in [3.63, 3.8) is 0 Å². The van der Waals surface area contributed by atoms with Gasteiger partial charge in [0.15, 0.2) is 25.1 Å². The van der Waals surface area contributed by atoms with Crippen LogP contribution in [0.15, 0.2) is 31.6 Å². The minimum Gasteiger partial charge on any atom is -0.411 e. The standard InChI is InChI=1S/C24H42IN4O6PSi.C15H25IN2O5Si.C15H32N3OP/c1-16(2)29(17(3)4)36(32-12-10-11-26)33-15-20-19(35-37(8,9)24(5,6)7)13-21(34-20)28-14-18(25)22(30)27-23(28)31;1-15(2,3)24(4,5)23-10-6-12(22-11(10)8-19)18-7-9(16)13(20)17-14(18)21;1-12(2)17(13(3)4)20(19-11-9-10-16)18(14(5)6)15(7)8/h14,16-17,19-21H,10,12-13,15H2,1-9H3,(H,27,30,31);7,10-12,19H,6,8H2,1-5H3,(H,17,20,21);12-15H,9,11H2,1-8H3. The zero-order valence-electron chi connectivity index (χ0n) is 52.5. The van der Waals surface area contributed by atoms with Crippen LogP contribution in [0.2, 0.25) is 36.3 Å². The second-order valence-corrected chi connectivity index (χ2v) is 40.0. The van der Waals surface area contributed by atoms with E-state index in [-0.39, 0.29) is 60.6 Å². The third kappa shape index (κ3) is 22.4. The Balaban J connectivity index is 0.000000441. The molecule has 2 aromatic heterocycles. The van der Waals surface area contributed by atoms with Crippen molar-refractivity contribution < 1.29 is 37.0 Å². The SMILES string of the molecule is CC(C)(C)[Si](C)(C)OC1CC(n2cc(I)c(=O)[nH]c2=O)OC1CO.CC(C)N(C(C)C)P(OCCC#N)N(C(C)C)C(C)C.CC(C)N(C(C)C)P(OCCC#N)OCC1OC(n2cc(I)c(=O)[nH]c2=O)CC1O[Si](C)(C)C(C)(C)C. The number of nitriles is 2. The van der Waals surface area contributed by atoms with Crippen LogP contribution in [-0.4, -0.2) is 142 Å². The Hall–Kier alpha value is -1.35. The molecule has 0 aliphatic carbocycles. The van der Waals surface area contributed by atoms with E-state index in [9.17, 15) is 24.3 Å². The van der Waals surface area contributed by atoms with E-state index in [1.54, 1.807) is 0 Å². The predicted octanol–water partition coefficient (Wildman–Crippen LogP) is 11.3. The van der Waals surface area contributed by atoms with Crippen molar-refractivity contribution >= 4 is 78.8 Å². The normalized spacial score (nSPS) is 20.5. The molecule has 4 rings (SSSR count). The van der Waals surface area contributed by atoms with E-state index in [2.05, 4.69) is 187 Å². The maximum Gasteiger partial charge on any atom is 0.330 e. The summed E-state index contributed by atoms with van der Waals surface area (Å²) in [5, 5.41) is 27.4. The first-order chi connectivity index (χ1) is 37.3. The van der Waals surface area contributed by atoms with E-state index in [4.69, 9.17) is 42.4 Å². The molecule has 464 valence electrons. The van der Waals surface area contributed by atoms with E-state index in [1.165, 1.54) is 21.5 Å². The fourth-order valence-corrected chi connectivity index (χ4v) is 16.2. The molecule has 7 atom stereocenters. The van der Waals surface area contributed by atoms with E-state index < -0.39 is 80.8 Å². The summed E-state index contributed by atoms with van der Waals surface area (Å²) in [5.41, 5.74) is -1.87. The van der Waals surface area contributed by atoms with Gasteiger partial charge in [0.25, 0.3) is 19.6 Å². The number of aliphatic hydroxyl groups excluding tert-OH is 1. The molecule has 81 heavy (non-hydrogen) atoms. The molecule has 2 aromatic rings. The first kappa shape index (κ1) is 75.8. The average molecular weight is 1440 g/mol. The van der Waals surface area contributed by atoms with E-state index in [0.29, 0.717) is 57.2 Å². The number of aromatic nitrogens is 4. The van der Waals surface area contributed by atoms with Crippen molar-refractivity contribution in [2.75, 3.05) is 26.4 Å². The Morgan fingerprint density at radius 3 is 1.31 bits per heavy atom. The lowest BCUT2D eigenvalue weighted by Crippen LogP contribution is -2.46. The molecule has 0 amide bonds. The lowest BCUT2D eigenvalue weighted by atomic mass is 10.2. The number of aromatic amines is 2. The Labute approximate surface area is 515 Å². The molecule has 21 nitrogen and oxygen atoms in total. The highest BCUT2D eigenvalue weighted by Crippen LogP contribution is 2.51. The van der Waals surface area contributed by atoms with Gasteiger partial charge in [-0.15, -0.1) is 0 Å². The van der Waals surface area contributed by atoms with Crippen molar-refractivity contribution in [2.24, 2.45) is 0 Å². The van der Waals surface area contributed by atoms with Crippen molar-refractivity contribution in [3.8, 4) is 12.1 Å². The molecule has 0 aromatic carbocycles. The number of ether oxygens (including phenoxy) is 2. The number of nitrogens with zero attached hydrogens (tertiary/aromatic N) is 7. The van der Waals surface area contributed by atoms with Crippen LogP contribution in [0.4, 0.5) is 0 Å². The van der Waals surface area contributed by atoms with Gasteiger partial charge in [-0.1, -0.05) is 41.5 Å². The molecule has 0 spiro atoms. The molecule has 2 fully saturated rings. The summed E-state index contributed by atoms with van der Waals surface area (Å²) in [6.07, 6.45) is 1.97. The fraction of sp³-hybridized carbons (Fsp3) is 0.815. The molecule has 2 saturated heterocycles. The number of hydrogen-bond acceptors (Lipinski definition) is 17. The second kappa shape index (κ2) is 33.7. The van der Waals surface area contributed by atoms with Crippen LogP contribution in [-0.2, 0) is 31.9 Å². The van der Waals surface area contributed by atoms with E-state index in [0.717, 1.165) is 0 Å². The third-order valence-corrected chi connectivity index (χ3v) is 30.1. The number of halogens is 2. The van der Waals surface area contributed by atoms with Crippen LogP contribution in [0.1, 0.15) is 163 Å². The summed E-state index contributed by atoms with van der Waals surface area (Å²) in [7, 11) is -6.49. The molecular formula is C54H99I2N9O12P2Si2. The highest BCUT2D eigenvalue weighted by atomic mass is 127. The number of aliphatic hydroxyl groups is 1. The van der Waals surface area contributed by atoms with Gasteiger partial charge in [-0.2, -0.15) is 10.5 Å². The first-order valence-electron chi connectivity index (χ1n) is 28.2. The highest BCUT2D eigenvalue weighted by molar-refractivity contribution is 14.1. The van der Waals surface area contributed by atoms with Crippen LogP contribution in [0.25, 0.3) is 0 Å². The quantitative estimate of drug-likeness (QED) is 0.0362. The van der Waals surface area contributed by atoms with Crippen LogP contribution < -0.4 is 22.5 Å². The molecule has 27 heteroatoms. The van der Waals surface area contributed by atoms with Gasteiger partial charge >= 0.3 is 11.4 Å².